The van der Waals surface area contributed by atoms with Crippen LogP contribution in [0.2, 0.25) is 0 Å². The Bertz CT molecular complexity index is 733. The number of aromatic nitrogens is 1. The average molecular weight is 320 g/mol. The van der Waals surface area contributed by atoms with Gasteiger partial charge in [0.25, 0.3) is 10.0 Å². The maximum Gasteiger partial charge on any atom is 0.330 e. The van der Waals surface area contributed by atoms with Gasteiger partial charge in [-0.2, -0.15) is 0 Å². The van der Waals surface area contributed by atoms with Crippen LogP contribution in [0, 0.1) is 0 Å². The summed E-state index contributed by atoms with van der Waals surface area (Å²) in [6.45, 7) is 0. The van der Waals surface area contributed by atoms with Crippen molar-refractivity contribution in [1.82, 2.24) is 4.98 Å². The highest BCUT2D eigenvalue weighted by atomic mass is 32.2. The lowest BCUT2D eigenvalue weighted by Gasteiger charge is -2.24. The molecule has 0 N–H and O–H groups in total. The van der Waals surface area contributed by atoms with Crippen LogP contribution in [0.5, 0.6) is 0 Å². The minimum Gasteiger partial charge on any atom is -0.468 e. The highest BCUT2D eigenvalue weighted by Crippen LogP contribution is 2.29. The Morgan fingerprint density at radius 3 is 2.27 bits per heavy atom. The molecule has 1 aromatic carbocycles. The van der Waals surface area contributed by atoms with Crippen LogP contribution in [-0.2, 0) is 19.6 Å². The molecule has 6 nitrogen and oxygen atoms in total. The van der Waals surface area contributed by atoms with Crippen LogP contribution >= 0.6 is 0 Å². The number of sulfonamides is 1. The first-order valence-electron chi connectivity index (χ1n) is 6.49. The van der Waals surface area contributed by atoms with Crippen LogP contribution in [0.1, 0.15) is 10.8 Å². The van der Waals surface area contributed by atoms with E-state index in [9.17, 15) is 13.2 Å². The lowest BCUT2D eigenvalue weighted by Crippen LogP contribution is -2.35. The fourth-order valence-electron chi connectivity index (χ4n) is 2.02. The molecule has 0 radical (unpaired) electrons. The molecule has 116 valence electrons. The molecule has 0 spiro atoms. The van der Waals surface area contributed by atoms with Gasteiger partial charge in [-0.3, -0.25) is 14.1 Å². The van der Waals surface area contributed by atoms with E-state index in [1.165, 1.54) is 31.6 Å². The van der Waals surface area contributed by atoms with E-state index in [-0.39, 0.29) is 0 Å². The van der Waals surface area contributed by atoms with Gasteiger partial charge >= 0.3 is 5.97 Å². The zero-order chi connectivity index (χ0) is 16.2. The number of para-hydroxylation sites is 1. The highest BCUT2D eigenvalue weighted by Gasteiger charge is 2.38. The molecule has 0 aliphatic rings. The number of nitrogens with zero attached hydrogens (tertiary/aromatic N) is 2. The van der Waals surface area contributed by atoms with Gasteiger partial charge in [-0.15, -0.1) is 0 Å². The number of esters is 1. The van der Waals surface area contributed by atoms with Gasteiger partial charge < -0.3 is 4.74 Å². The zero-order valence-corrected chi connectivity index (χ0v) is 13.0. The summed E-state index contributed by atoms with van der Waals surface area (Å²) in [5.74, 6) is -0.839. The molecule has 2 aromatic rings. The van der Waals surface area contributed by atoms with Gasteiger partial charge in [0.15, 0.2) is 0 Å². The van der Waals surface area contributed by atoms with E-state index in [1.807, 2.05) is 0 Å². The number of ether oxygens (including phenoxy) is 1. The summed E-state index contributed by atoms with van der Waals surface area (Å²) in [5, 5.41) is -1.44. The summed E-state index contributed by atoms with van der Waals surface area (Å²) < 4.78 is 31.4. The van der Waals surface area contributed by atoms with Crippen LogP contribution in [0.4, 0.5) is 5.69 Å². The van der Waals surface area contributed by atoms with Gasteiger partial charge in [0.1, 0.15) is 0 Å². The Morgan fingerprint density at radius 2 is 1.73 bits per heavy atom. The molecule has 1 heterocycles. The summed E-state index contributed by atoms with van der Waals surface area (Å²) in [6.07, 6.45) is 2.87. The smallest absolute Gasteiger partial charge is 0.330 e. The van der Waals surface area contributed by atoms with Gasteiger partial charge in [0.05, 0.1) is 12.8 Å². The summed E-state index contributed by atoms with van der Waals surface area (Å²) in [7, 11) is -1.42. The third-order valence-corrected chi connectivity index (χ3v) is 5.26. The summed E-state index contributed by atoms with van der Waals surface area (Å²) in [6, 6.07) is 11.5. The van der Waals surface area contributed by atoms with Gasteiger partial charge in [0, 0.05) is 19.4 Å². The molecular formula is C15H16N2O4S. The fraction of sp³-hybridized carbons (Fsp3) is 0.200. The first kappa shape index (κ1) is 16.0. The van der Waals surface area contributed by atoms with Crippen molar-refractivity contribution < 1.29 is 17.9 Å². The van der Waals surface area contributed by atoms with E-state index >= 15 is 0 Å². The first-order valence-corrected chi connectivity index (χ1v) is 7.99. The summed E-state index contributed by atoms with van der Waals surface area (Å²) in [5.41, 5.74) is 0.773. The molecule has 0 fully saturated rings. The standard InChI is InChI=1S/C15H16N2O4S/c1-17(13-6-4-3-5-7-13)22(19,20)14(15(18)21-2)12-8-10-16-11-9-12/h3-11,14H,1-2H3. The van der Waals surface area contributed by atoms with Crippen molar-refractivity contribution in [3.63, 3.8) is 0 Å². The minimum atomic E-state index is -3.99. The number of benzene rings is 1. The van der Waals surface area contributed by atoms with Gasteiger partial charge in [0.2, 0.25) is 5.25 Å². The van der Waals surface area contributed by atoms with Crippen molar-refractivity contribution >= 4 is 21.7 Å². The summed E-state index contributed by atoms with van der Waals surface area (Å²) in [4.78, 5) is 15.9. The van der Waals surface area contributed by atoms with Crippen molar-refractivity contribution in [2.45, 2.75) is 5.25 Å². The third kappa shape index (κ3) is 3.09. The quantitative estimate of drug-likeness (QED) is 0.785. The Balaban J connectivity index is 2.49. The molecule has 0 saturated carbocycles. The van der Waals surface area contributed by atoms with E-state index in [4.69, 9.17) is 0 Å². The van der Waals surface area contributed by atoms with Crippen LogP contribution in [0.15, 0.2) is 54.9 Å². The number of hydrogen-bond donors (Lipinski definition) is 0. The maximum atomic E-state index is 12.8. The van der Waals surface area contributed by atoms with Crippen molar-refractivity contribution in [3.8, 4) is 0 Å². The molecule has 1 unspecified atom stereocenters. The van der Waals surface area contributed by atoms with Crippen molar-refractivity contribution in [2.24, 2.45) is 0 Å². The van der Waals surface area contributed by atoms with E-state index in [2.05, 4.69) is 9.72 Å². The zero-order valence-electron chi connectivity index (χ0n) is 12.2. The number of pyridine rings is 1. The Morgan fingerprint density at radius 1 is 1.14 bits per heavy atom. The number of carbonyl (C=O) groups excluding carboxylic acids is 1. The molecule has 0 saturated heterocycles. The average Bonchev–Trinajstić information content (AvgIpc) is 2.55. The molecule has 0 amide bonds. The molecule has 0 bridgehead atoms. The largest absolute Gasteiger partial charge is 0.468 e. The van der Waals surface area contributed by atoms with Crippen molar-refractivity contribution in [3.05, 3.63) is 60.4 Å². The maximum absolute atomic E-state index is 12.8. The van der Waals surface area contributed by atoms with Crippen LogP contribution in [0.25, 0.3) is 0 Å². The number of carbonyl (C=O) groups is 1. The number of anilines is 1. The molecule has 1 atom stereocenters. The van der Waals surface area contributed by atoms with E-state index < -0.39 is 21.2 Å². The molecular weight excluding hydrogens is 304 g/mol. The van der Waals surface area contributed by atoms with E-state index in [0.29, 0.717) is 11.3 Å². The molecule has 2 rings (SSSR count). The highest BCUT2D eigenvalue weighted by molar-refractivity contribution is 7.93. The summed E-state index contributed by atoms with van der Waals surface area (Å²) >= 11 is 0. The van der Waals surface area contributed by atoms with Gasteiger partial charge in [-0.25, -0.2) is 8.42 Å². The molecule has 7 heteroatoms. The first-order chi connectivity index (χ1) is 10.5. The second-order valence-electron chi connectivity index (χ2n) is 4.53. The van der Waals surface area contributed by atoms with Crippen LogP contribution in [-0.4, -0.2) is 33.5 Å². The Labute approximate surface area is 129 Å². The van der Waals surface area contributed by atoms with Crippen LogP contribution in [0.3, 0.4) is 0 Å². The van der Waals surface area contributed by atoms with E-state index in [0.717, 1.165) is 11.4 Å². The number of hydrogen-bond acceptors (Lipinski definition) is 5. The molecule has 0 aliphatic heterocycles. The topological polar surface area (TPSA) is 76.6 Å². The second kappa shape index (κ2) is 6.57. The second-order valence-corrected chi connectivity index (χ2v) is 6.58. The SMILES string of the molecule is COC(=O)C(c1ccncc1)S(=O)(=O)N(C)c1ccccc1. The molecule has 22 heavy (non-hydrogen) atoms. The Kier molecular flexibility index (Phi) is 4.77. The minimum absolute atomic E-state index is 0.310. The van der Waals surface area contributed by atoms with Crippen LogP contribution < -0.4 is 4.31 Å². The monoisotopic (exact) mass is 320 g/mol. The van der Waals surface area contributed by atoms with Gasteiger partial charge in [-0.05, 0) is 29.8 Å². The predicted octanol–water partition coefficient (Wildman–Crippen LogP) is 1.76. The van der Waals surface area contributed by atoms with Gasteiger partial charge in [-0.1, -0.05) is 18.2 Å². The normalized spacial score (nSPS) is 12.5. The number of methoxy groups -OCH3 is 1. The van der Waals surface area contributed by atoms with Crippen molar-refractivity contribution in [1.29, 1.82) is 0 Å². The lowest BCUT2D eigenvalue weighted by atomic mass is 10.2. The number of rotatable bonds is 5. The fourth-order valence-corrected chi connectivity index (χ4v) is 3.59. The Hall–Kier alpha value is -2.41. The van der Waals surface area contributed by atoms with Crippen molar-refractivity contribution in [2.75, 3.05) is 18.5 Å². The molecule has 1 aromatic heterocycles. The third-order valence-electron chi connectivity index (χ3n) is 3.22. The molecule has 0 aliphatic carbocycles. The van der Waals surface area contributed by atoms with E-state index in [1.54, 1.807) is 30.3 Å². The predicted molar refractivity (Wildman–Crippen MR) is 82.8 cm³/mol. The lowest BCUT2D eigenvalue weighted by molar-refractivity contribution is -0.140.